The van der Waals surface area contributed by atoms with Crippen LogP contribution in [0.5, 0.6) is 17.2 Å². The topological polar surface area (TPSA) is 97.3 Å². The number of methoxy groups -OCH3 is 3. The van der Waals surface area contributed by atoms with E-state index >= 15 is 0 Å². The maximum atomic E-state index is 11.9. The van der Waals surface area contributed by atoms with Gasteiger partial charge in [0.1, 0.15) is 0 Å². The number of ether oxygens (including phenoxy) is 3. The van der Waals surface area contributed by atoms with E-state index < -0.39 is 11.4 Å². The van der Waals surface area contributed by atoms with Crippen molar-refractivity contribution in [1.29, 1.82) is 0 Å². The molecule has 7 nitrogen and oxygen atoms in total. The standard InChI is InChI=1S/C16H23NO6/c1-16(9-18,10-19)17-14(20)6-5-11-7-12(21-2)15(23-4)13(8-11)22-3/h5-8,18-19H,9-10H2,1-4H3,(H,17,20)/b6-5+. The predicted octanol–water partition coefficient (Wildman–Crippen LogP) is 0.585. The second kappa shape index (κ2) is 8.40. The van der Waals surface area contributed by atoms with Crippen molar-refractivity contribution in [2.75, 3.05) is 34.5 Å². The monoisotopic (exact) mass is 325 g/mol. The van der Waals surface area contributed by atoms with Gasteiger partial charge in [0.15, 0.2) is 11.5 Å². The highest BCUT2D eigenvalue weighted by Gasteiger charge is 2.23. The Hall–Kier alpha value is -2.25. The molecule has 7 heteroatoms. The number of hydrogen-bond acceptors (Lipinski definition) is 6. The molecule has 0 saturated heterocycles. The molecule has 0 unspecified atom stereocenters. The lowest BCUT2D eigenvalue weighted by Gasteiger charge is -2.25. The summed E-state index contributed by atoms with van der Waals surface area (Å²) in [6.07, 6.45) is 2.86. The highest BCUT2D eigenvalue weighted by molar-refractivity contribution is 5.92. The van der Waals surface area contributed by atoms with Gasteiger partial charge in [0.05, 0.1) is 40.1 Å². The summed E-state index contributed by atoms with van der Waals surface area (Å²) >= 11 is 0. The molecule has 0 aromatic heterocycles. The summed E-state index contributed by atoms with van der Waals surface area (Å²) in [6.45, 7) is 0.804. The normalized spacial score (nSPS) is 11.4. The van der Waals surface area contributed by atoms with Crippen molar-refractivity contribution in [3.8, 4) is 17.2 Å². The van der Waals surface area contributed by atoms with E-state index in [4.69, 9.17) is 24.4 Å². The molecular formula is C16H23NO6. The Morgan fingerprint density at radius 1 is 1.13 bits per heavy atom. The van der Waals surface area contributed by atoms with Gasteiger partial charge in [-0.3, -0.25) is 4.79 Å². The van der Waals surface area contributed by atoms with E-state index in [0.717, 1.165) is 0 Å². The smallest absolute Gasteiger partial charge is 0.244 e. The summed E-state index contributed by atoms with van der Waals surface area (Å²) in [4.78, 5) is 11.9. The molecular weight excluding hydrogens is 302 g/mol. The molecule has 1 amide bonds. The van der Waals surface area contributed by atoms with E-state index in [0.29, 0.717) is 22.8 Å². The van der Waals surface area contributed by atoms with E-state index in [9.17, 15) is 4.79 Å². The predicted molar refractivity (Wildman–Crippen MR) is 85.9 cm³/mol. The lowest BCUT2D eigenvalue weighted by molar-refractivity contribution is -0.119. The van der Waals surface area contributed by atoms with Crippen molar-refractivity contribution in [2.45, 2.75) is 12.5 Å². The van der Waals surface area contributed by atoms with Crippen LogP contribution in [0.25, 0.3) is 6.08 Å². The van der Waals surface area contributed by atoms with Gasteiger partial charge in [-0.25, -0.2) is 0 Å². The van der Waals surface area contributed by atoms with E-state index in [1.807, 2.05) is 0 Å². The first kappa shape index (κ1) is 18.8. The average Bonchev–Trinajstić information content (AvgIpc) is 2.58. The molecule has 0 heterocycles. The number of carbonyl (C=O) groups excluding carboxylic acids is 1. The number of aliphatic hydroxyl groups excluding tert-OH is 2. The van der Waals surface area contributed by atoms with Crippen molar-refractivity contribution < 1.29 is 29.2 Å². The lowest BCUT2D eigenvalue weighted by atomic mass is 10.1. The minimum atomic E-state index is -1.07. The van der Waals surface area contributed by atoms with Crippen molar-refractivity contribution in [2.24, 2.45) is 0 Å². The quantitative estimate of drug-likeness (QED) is 0.605. The summed E-state index contributed by atoms with van der Waals surface area (Å²) in [7, 11) is 4.52. The van der Waals surface area contributed by atoms with Crippen LogP contribution in [0.4, 0.5) is 0 Å². The molecule has 0 spiro atoms. The fraction of sp³-hybridized carbons (Fsp3) is 0.438. The molecule has 0 fully saturated rings. The Labute approximate surface area is 135 Å². The molecule has 128 valence electrons. The number of hydrogen-bond donors (Lipinski definition) is 3. The van der Waals surface area contributed by atoms with Crippen LogP contribution in [0.3, 0.4) is 0 Å². The zero-order valence-electron chi connectivity index (χ0n) is 13.8. The summed E-state index contributed by atoms with van der Waals surface area (Å²) < 4.78 is 15.7. The van der Waals surface area contributed by atoms with Crippen LogP contribution in [-0.2, 0) is 4.79 Å². The molecule has 3 N–H and O–H groups in total. The Morgan fingerprint density at radius 2 is 1.65 bits per heavy atom. The van der Waals surface area contributed by atoms with Crippen LogP contribution in [0.2, 0.25) is 0 Å². The minimum Gasteiger partial charge on any atom is -0.493 e. The molecule has 0 bridgehead atoms. The van der Waals surface area contributed by atoms with Gasteiger partial charge in [0, 0.05) is 6.08 Å². The molecule has 0 radical (unpaired) electrons. The van der Waals surface area contributed by atoms with E-state index in [2.05, 4.69) is 5.32 Å². The molecule has 1 rings (SSSR count). The van der Waals surface area contributed by atoms with Crippen LogP contribution in [0.1, 0.15) is 12.5 Å². The van der Waals surface area contributed by atoms with E-state index in [1.165, 1.54) is 34.3 Å². The number of benzene rings is 1. The summed E-state index contributed by atoms with van der Waals surface area (Å²) in [5.74, 6) is 0.971. The Kier molecular flexibility index (Phi) is 6.87. The first-order chi connectivity index (χ1) is 10.9. The molecule has 1 aromatic rings. The van der Waals surface area contributed by atoms with E-state index in [1.54, 1.807) is 18.2 Å². The maximum Gasteiger partial charge on any atom is 0.244 e. The van der Waals surface area contributed by atoms with Crippen LogP contribution in [-0.4, -0.2) is 56.2 Å². The third-order valence-electron chi connectivity index (χ3n) is 3.24. The molecule has 0 aliphatic carbocycles. The van der Waals surface area contributed by atoms with Crippen LogP contribution < -0.4 is 19.5 Å². The third kappa shape index (κ3) is 4.87. The van der Waals surface area contributed by atoms with Crippen LogP contribution in [0, 0.1) is 0 Å². The Morgan fingerprint density at radius 3 is 2.04 bits per heavy atom. The van der Waals surface area contributed by atoms with Gasteiger partial charge < -0.3 is 29.7 Å². The summed E-state index contributed by atoms with van der Waals surface area (Å²) in [5, 5.41) is 20.9. The van der Waals surface area contributed by atoms with Crippen molar-refractivity contribution in [1.82, 2.24) is 5.32 Å². The van der Waals surface area contributed by atoms with Crippen LogP contribution >= 0.6 is 0 Å². The number of aliphatic hydroxyl groups is 2. The van der Waals surface area contributed by atoms with Crippen molar-refractivity contribution >= 4 is 12.0 Å². The Bertz CT molecular complexity index is 541. The summed E-state index contributed by atoms with van der Waals surface area (Å²) in [6, 6.07) is 3.39. The first-order valence-corrected chi connectivity index (χ1v) is 6.95. The molecule has 1 aromatic carbocycles. The third-order valence-corrected chi connectivity index (χ3v) is 3.24. The fourth-order valence-corrected chi connectivity index (χ4v) is 1.84. The number of nitrogens with one attached hydrogen (secondary N) is 1. The summed E-state index contributed by atoms with van der Waals surface area (Å²) in [5.41, 5.74) is -0.402. The highest BCUT2D eigenvalue weighted by Crippen LogP contribution is 2.38. The number of carbonyl (C=O) groups is 1. The number of rotatable bonds is 8. The van der Waals surface area contributed by atoms with Gasteiger partial charge >= 0.3 is 0 Å². The van der Waals surface area contributed by atoms with Crippen molar-refractivity contribution in [3.05, 3.63) is 23.8 Å². The van der Waals surface area contributed by atoms with E-state index in [-0.39, 0.29) is 13.2 Å². The van der Waals surface area contributed by atoms with Gasteiger partial charge in [-0.15, -0.1) is 0 Å². The Balaban J connectivity index is 2.98. The largest absolute Gasteiger partial charge is 0.493 e. The van der Waals surface area contributed by atoms with Crippen molar-refractivity contribution in [3.63, 3.8) is 0 Å². The molecule has 0 saturated carbocycles. The molecule has 0 aliphatic rings. The van der Waals surface area contributed by atoms with Gasteiger partial charge in [0.25, 0.3) is 0 Å². The average molecular weight is 325 g/mol. The fourth-order valence-electron chi connectivity index (χ4n) is 1.84. The van der Waals surface area contributed by atoms with Gasteiger partial charge in [0.2, 0.25) is 11.7 Å². The van der Waals surface area contributed by atoms with Gasteiger partial charge in [-0.05, 0) is 30.7 Å². The van der Waals surface area contributed by atoms with Gasteiger partial charge in [-0.2, -0.15) is 0 Å². The second-order valence-corrected chi connectivity index (χ2v) is 5.16. The number of amides is 1. The molecule has 23 heavy (non-hydrogen) atoms. The first-order valence-electron chi connectivity index (χ1n) is 6.95. The lowest BCUT2D eigenvalue weighted by Crippen LogP contribution is -2.51. The zero-order valence-corrected chi connectivity index (χ0v) is 13.8. The second-order valence-electron chi connectivity index (χ2n) is 5.16. The SMILES string of the molecule is COc1cc(/C=C/C(=O)NC(C)(CO)CO)cc(OC)c1OC. The van der Waals surface area contributed by atoms with Crippen LogP contribution in [0.15, 0.2) is 18.2 Å². The minimum absolute atomic E-state index is 0.368. The van der Waals surface area contributed by atoms with Gasteiger partial charge in [-0.1, -0.05) is 0 Å². The zero-order chi connectivity index (χ0) is 17.5. The molecule has 0 atom stereocenters. The molecule has 0 aliphatic heterocycles. The highest BCUT2D eigenvalue weighted by atomic mass is 16.5. The maximum absolute atomic E-state index is 11.9.